The standard InChI is InChI=1S/C12H15ClN4O3/c13-7-12(18)15-9-4-6-16(8-10(9)17(19)20)11-3-1-2-5-14-11/h1-3,5,9-10H,4,6-8H2,(H,15,18). The Balaban J connectivity index is 2.08. The van der Waals surface area contributed by atoms with Crippen molar-refractivity contribution in [3.63, 3.8) is 0 Å². The van der Waals surface area contributed by atoms with Crippen LogP contribution in [-0.2, 0) is 4.79 Å². The molecule has 1 aliphatic heterocycles. The molecule has 1 aliphatic rings. The first-order chi connectivity index (χ1) is 9.61. The Morgan fingerprint density at radius 1 is 1.60 bits per heavy atom. The minimum atomic E-state index is -0.863. The van der Waals surface area contributed by atoms with E-state index in [1.165, 1.54) is 0 Å². The summed E-state index contributed by atoms with van der Waals surface area (Å²) >= 11 is 5.42. The van der Waals surface area contributed by atoms with Gasteiger partial charge in [-0.3, -0.25) is 14.9 Å². The molecule has 0 saturated carbocycles. The number of nitrogens with one attached hydrogen (secondary N) is 1. The second-order valence-corrected chi connectivity index (χ2v) is 4.85. The van der Waals surface area contributed by atoms with Crippen LogP contribution in [0.5, 0.6) is 0 Å². The Bertz CT molecular complexity index is 485. The lowest BCUT2D eigenvalue weighted by molar-refractivity contribution is -0.525. The summed E-state index contributed by atoms with van der Waals surface area (Å²) in [6.07, 6.45) is 2.14. The van der Waals surface area contributed by atoms with Crippen LogP contribution in [0, 0.1) is 10.1 Å². The fraction of sp³-hybridized carbons (Fsp3) is 0.500. The topological polar surface area (TPSA) is 88.4 Å². The normalized spacial score (nSPS) is 22.4. The highest BCUT2D eigenvalue weighted by Crippen LogP contribution is 2.19. The Labute approximate surface area is 121 Å². The lowest BCUT2D eigenvalue weighted by Gasteiger charge is -2.34. The maximum Gasteiger partial charge on any atom is 0.250 e. The highest BCUT2D eigenvalue weighted by Gasteiger charge is 2.38. The molecule has 20 heavy (non-hydrogen) atoms. The van der Waals surface area contributed by atoms with Crippen LogP contribution in [0.25, 0.3) is 0 Å². The van der Waals surface area contributed by atoms with Crippen LogP contribution in [0.1, 0.15) is 6.42 Å². The van der Waals surface area contributed by atoms with Crippen molar-refractivity contribution < 1.29 is 9.72 Å². The van der Waals surface area contributed by atoms with E-state index in [0.717, 1.165) is 0 Å². The highest BCUT2D eigenvalue weighted by atomic mass is 35.5. The molecule has 2 unspecified atom stereocenters. The lowest BCUT2D eigenvalue weighted by Crippen LogP contribution is -2.57. The van der Waals surface area contributed by atoms with Crippen molar-refractivity contribution in [1.29, 1.82) is 0 Å². The van der Waals surface area contributed by atoms with Gasteiger partial charge < -0.3 is 10.2 Å². The van der Waals surface area contributed by atoms with Crippen molar-refractivity contribution in [2.45, 2.75) is 18.5 Å². The van der Waals surface area contributed by atoms with E-state index in [1.54, 1.807) is 12.3 Å². The zero-order chi connectivity index (χ0) is 14.5. The van der Waals surface area contributed by atoms with Crippen molar-refractivity contribution in [3.05, 3.63) is 34.5 Å². The zero-order valence-electron chi connectivity index (χ0n) is 10.7. The molecule has 1 aromatic rings. The second kappa shape index (κ2) is 6.51. The number of hydrogen-bond donors (Lipinski definition) is 1. The number of aromatic nitrogens is 1. The molecule has 0 aliphatic carbocycles. The number of carbonyl (C=O) groups is 1. The third-order valence-electron chi connectivity index (χ3n) is 3.29. The van der Waals surface area contributed by atoms with Gasteiger partial charge in [0.1, 0.15) is 11.7 Å². The molecular weight excluding hydrogens is 284 g/mol. The molecule has 1 saturated heterocycles. The van der Waals surface area contributed by atoms with Crippen LogP contribution in [0.2, 0.25) is 0 Å². The molecule has 0 bridgehead atoms. The van der Waals surface area contributed by atoms with E-state index in [9.17, 15) is 14.9 Å². The van der Waals surface area contributed by atoms with Crippen molar-refractivity contribution >= 4 is 23.3 Å². The molecule has 1 amide bonds. The Morgan fingerprint density at radius 2 is 2.40 bits per heavy atom. The van der Waals surface area contributed by atoms with Gasteiger partial charge in [0.25, 0.3) is 0 Å². The Kier molecular flexibility index (Phi) is 4.73. The third-order valence-corrected chi connectivity index (χ3v) is 3.54. The number of rotatable bonds is 4. The molecule has 2 atom stereocenters. The summed E-state index contributed by atoms with van der Waals surface area (Å²) in [6, 6.07) is 4.09. The van der Waals surface area contributed by atoms with Gasteiger partial charge in [-0.25, -0.2) is 4.98 Å². The van der Waals surface area contributed by atoms with Crippen LogP contribution in [0.4, 0.5) is 5.82 Å². The third kappa shape index (κ3) is 3.36. The van der Waals surface area contributed by atoms with Crippen LogP contribution in [0.15, 0.2) is 24.4 Å². The van der Waals surface area contributed by atoms with E-state index in [0.29, 0.717) is 18.8 Å². The van der Waals surface area contributed by atoms with E-state index in [2.05, 4.69) is 10.3 Å². The summed E-state index contributed by atoms with van der Waals surface area (Å²) in [5.74, 6) is 0.140. The minimum absolute atomic E-state index is 0.190. The van der Waals surface area contributed by atoms with Crippen molar-refractivity contribution in [2.75, 3.05) is 23.9 Å². The van der Waals surface area contributed by atoms with Crippen LogP contribution < -0.4 is 10.2 Å². The quantitative estimate of drug-likeness (QED) is 0.501. The fourth-order valence-corrected chi connectivity index (χ4v) is 2.38. The number of nitrogens with zero attached hydrogens (tertiary/aromatic N) is 3. The Hall–Kier alpha value is -1.89. The van der Waals surface area contributed by atoms with E-state index in [4.69, 9.17) is 11.6 Å². The molecule has 108 valence electrons. The molecule has 7 nitrogen and oxygen atoms in total. The number of nitro groups is 1. The Morgan fingerprint density at radius 3 is 3.00 bits per heavy atom. The molecule has 0 aromatic carbocycles. The molecule has 2 heterocycles. The predicted molar refractivity (Wildman–Crippen MR) is 74.5 cm³/mol. The second-order valence-electron chi connectivity index (χ2n) is 4.58. The predicted octanol–water partition coefficient (Wildman–Crippen LogP) is 0.661. The first-order valence-electron chi connectivity index (χ1n) is 6.26. The molecule has 8 heteroatoms. The largest absolute Gasteiger partial charge is 0.350 e. The molecule has 2 rings (SSSR count). The zero-order valence-corrected chi connectivity index (χ0v) is 11.5. The number of hydrogen-bond acceptors (Lipinski definition) is 5. The summed E-state index contributed by atoms with van der Waals surface area (Å²) in [6.45, 7) is 0.825. The molecule has 0 radical (unpaired) electrons. The van der Waals surface area contributed by atoms with Crippen molar-refractivity contribution in [2.24, 2.45) is 0 Å². The highest BCUT2D eigenvalue weighted by molar-refractivity contribution is 6.27. The number of piperidine rings is 1. The van der Waals surface area contributed by atoms with Crippen molar-refractivity contribution in [1.82, 2.24) is 10.3 Å². The maximum atomic E-state index is 11.3. The van der Waals surface area contributed by atoms with Gasteiger partial charge >= 0.3 is 0 Å². The van der Waals surface area contributed by atoms with Gasteiger partial charge in [0.15, 0.2) is 0 Å². The first kappa shape index (κ1) is 14.5. The summed E-state index contributed by atoms with van der Waals surface area (Å²) in [5, 5.41) is 13.8. The number of alkyl halides is 1. The minimum Gasteiger partial charge on any atom is -0.350 e. The van der Waals surface area contributed by atoms with Crippen LogP contribution in [-0.4, -0.2) is 46.9 Å². The van der Waals surface area contributed by atoms with E-state index in [-0.39, 0.29) is 23.3 Å². The number of halogens is 1. The van der Waals surface area contributed by atoms with Crippen LogP contribution >= 0.6 is 11.6 Å². The molecular formula is C12H15ClN4O3. The average molecular weight is 299 g/mol. The first-order valence-corrected chi connectivity index (χ1v) is 6.80. The maximum absolute atomic E-state index is 11.3. The SMILES string of the molecule is O=C(CCl)NC1CCN(c2ccccn2)CC1[N+](=O)[O-]. The molecule has 1 aromatic heterocycles. The van der Waals surface area contributed by atoms with Gasteiger partial charge in [0.2, 0.25) is 11.9 Å². The van der Waals surface area contributed by atoms with Gasteiger partial charge in [-0.2, -0.15) is 0 Å². The van der Waals surface area contributed by atoms with Crippen molar-refractivity contribution in [3.8, 4) is 0 Å². The summed E-state index contributed by atoms with van der Waals surface area (Å²) in [5.41, 5.74) is 0. The lowest BCUT2D eigenvalue weighted by atomic mass is 9.99. The average Bonchev–Trinajstić information content (AvgIpc) is 2.48. The smallest absolute Gasteiger partial charge is 0.250 e. The fourth-order valence-electron chi connectivity index (χ4n) is 2.31. The number of carbonyl (C=O) groups excluding carboxylic acids is 1. The van der Waals surface area contributed by atoms with E-state index in [1.807, 2.05) is 17.0 Å². The number of pyridine rings is 1. The summed E-state index contributed by atoms with van der Waals surface area (Å²) < 4.78 is 0. The van der Waals surface area contributed by atoms with Gasteiger partial charge in [0, 0.05) is 17.7 Å². The number of amides is 1. The monoisotopic (exact) mass is 298 g/mol. The summed E-state index contributed by atoms with van der Waals surface area (Å²) in [7, 11) is 0. The molecule has 1 N–H and O–H groups in total. The molecule has 0 spiro atoms. The van der Waals surface area contributed by atoms with Crippen LogP contribution in [0.3, 0.4) is 0 Å². The van der Waals surface area contributed by atoms with Gasteiger partial charge in [-0.15, -0.1) is 11.6 Å². The van der Waals surface area contributed by atoms with Gasteiger partial charge in [0.05, 0.1) is 12.6 Å². The number of anilines is 1. The van der Waals surface area contributed by atoms with Gasteiger partial charge in [-0.1, -0.05) is 6.07 Å². The molecule has 1 fully saturated rings. The van der Waals surface area contributed by atoms with Gasteiger partial charge in [-0.05, 0) is 18.6 Å². The summed E-state index contributed by atoms with van der Waals surface area (Å²) in [4.78, 5) is 28.2. The van der Waals surface area contributed by atoms with E-state index >= 15 is 0 Å². The van der Waals surface area contributed by atoms with E-state index < -0.39 is 12.1 Å².